The first-order valence-corrected chi connectivity index (χ1v) is 24.7. The van der Waals surface area contributed by atoms with Crippen molar-refractivity contribution in [1.82, 2.24) is 5.32 Å². The number of unbranched alkanes of at least 4 members (excludes halogenated alkanes) is 21. The Balaban J connectivity index is 3.90. The molecule has 0 spiro atoms. The molecule has 0 bridgehead atoms. The lowest BCUT2D eigenvalue weighted by Crippen LogP contribution is -2.43. The zero-order valence-electron chi connectivity index (χ0n) is 37.0. The summed E-state index contributed by atoms with van der Waals surface area (Å²) in [4.78, 5) is 46.0. The van der Waals surface area contributed by atoms with Crippen LogP contribution >= 0.6 is 7.82 Å². The predicted octanol–water partition coefficient (Wildman–Crippen LogP) is 12.2. The number of allylic oxidation sites excluding steroid dienone is 8. The van der Waals surface area contributed by atoms with Gasteiger partial charge in [-0.2, -0.15) is 0 Å². The molecular formula is C47H84NO10P. The highest BCUT2D eigenvalue weighted by atomic mass is 31.2. The van der Waals surface area contributed by atoms with Gasteiger partial charge in [-0.15, -0.1) is 0 Å². The quantitative estimate of drug-likeness (QED) is 0.0200. The van der Waals surface area contributed by atoms with E-state index in [9.17, 15) is 34.1 Å². The van der Waals surface area contributed by atoms with Crippen molar-refractivity contribution in [3.63, 3.8) is 0 Å². The van der Waals surface area contributed by atoms with E-state index in [1.165, 1.54) is 103 Å². The number of carboxylic acid groups (broad SMARTS) is 1. The molecule has 12 heteroatoms. The van der Waals surface area contributed by atoms with Gasteiger partial charge in [-0.3, -0.25) is 18.6 Å². The van der Waals surface area contributed by atoms with Crippen molar-refractivity contribution >= 4 is 25.7 Å². The minimum atomic E-state index is -4.77. The second kappa shape index (κ2) is 42.1. The Morgan fingerprint density at radius 2 is 0.983 bits per heavy atom. The van der Waals surface area contributed by atoms with Crippen LogP contribution in [0.15, 0.2) is 48.6 Å². The third-order valence-electron chi connectivity index (χ3n) is 9.88. The summed E-state index contributed by atoms with van der Waals surface area (Å²) in [6.45, 7) is 2.45. The van der Waals surface area contributed by atoms with Gasteiger partial charge in [0.2, 0.25) is 5.91 Å². The van der Waals surface area contributed by atoms with Gasteiger partial charge in [0.25, 0.3) is 0 Å². The van der Waals surface area contributed by atoms with Crippen LogP contribution in [0.2, 0.25) is 0 Å². The maximum Gasteiger partial charge on any atom is 0.472 e. The summed E-state index contributed by atoms with van der Waals surface area (Å²) < 4.78 is 26.8. The maximum atomic E-state index is 12.3. The summed E-state index contributed by atoms with van der Waals surface area (Å²) in [6, 6.07) is -1.55. The highest BCUT2D eigenvalue weighted by Gasteiger charge is 2.28. The second-order valence-corrected chi connectivity index (χ2v) is 17.0. The fourth-order valence-electron chi connectivity index (χ4n) is 6.31. The highest BCUT2D eigenvalue weighted by Crippen LogP contribution is 2.43. The van der Waals surface area contributed by atoms with Crippen molar-refractivity contribution in [1.29, 1.82) is 0 Å². The van der Waals surface area contributed by atoms with Gasteiger partial charge in [-0.1, -0.05) is 184 Å². The number of rotatable bonds is 43. The Labute approximate surface area is 358 Å². The lowest BCUT2D eigenvalue weighted by Gasteiger charge is -2.18. The van der Waals surface area contributed by atoms with Gasteiger partial charge >= 0.3 is 19.8 Å². The molecule has 0 aromatic heterocycles. The van der Waals surface area contributed by atoms with Crippen molar-refractivity contribution in [3.05, 3.63) is 48.6 Å². The van der Waals surface area contributed by atoms with E-state index in [-0.39, 0.29) is 12.8 Å². The number of nitrogens with one attached hydrogen (secondary N) is 1. The lowest BCUT2D eigenvalue weighted by molar-refractivity contribution is -0.147. The minimum absolute atomic E-state index is 0.145. The molecule has 0 saturated carbocycles. The first-order chi connectivity index (χ1) is 28.6. The average Bonchev–Trinajstić information content (AvgIpc) is 3.21. The fraction of sp³-hybridized carbons (Fsp3) is 0.766. The Morgan fingerprint density at radius 1 is 0.559 bits per heavy atom. The lowest BCUT2D eigenvalue weighted by atomic mass is 10.0. The number of ether oxygens (including phenoxy) is 1. The number of phosphoric acid groups is 1. The Kier molecular flexibility index (Phi) is 40.3. The van der Waals surface area contributed by atoms with Gasteiger partial charge in [0.15, 0.2) is 6.04 Å². The molecule has 3 atom stereocenters. The molecular weight excluding hydrogens is 769 g/mol. The summed E-state index contributed by atoms with van der Waals surface area (Å²) in [5.41, 5.74) is 0. The van der Waals surface area contributed by atoms with Gasteiger partial charge in [0.05, 0.1) is 13.2 Å². The van der Waals surface area contributed by atoms with E-state index < -0.39 is 57.6 Å². The molecule has 0 rings (SSSR count). The van der Waals surface area contributed by atoms with Crippen LogP contribution in [-0.4, -0.2) is 64.9 Å². The summed E-state index contributed by atoms with van der Waals surface area (Å²) in [6.07, 6.45) is 47.1. The van der Waals surface area contributed by atoms with Crippen LogP contribution in [-0.2, 0) is 32.7 Å². The second-order valence-electron chi connectivity index (χ2n) is 15.6. The standard InChI is InChI=1S/C47H84NO10P/c1-3-5-7-9-11-13-15-17-19-20-21-22-23-25-26-28-30-32-34-36-38-45(50)48-44(47(52)53)42-58-59(54,55)57-41-43(49)40-56-46(51)39-37-35-33-31-29-27-24-18-16-14-12-10-8-6-4-2/h6,8,12,14,18,24,29,31,43-44,49H,3-5,7,9-11,13,15-17,19-23,25-28,30,32-42H2,1-2H3,(H,48,50)(H,52,53)(H,54,55)/b8-6-,14-12-,24-18-,31-29-. The van der Waals surface area contributed by atoms with Crippen molar-refractivity contribution in [2.75, 3.05) is 19.8 Å². The van der Waals surface area contributed by atoms with Gasteiger partial charge in [0, 0.05) is 12.8 Å². The molecule has 0 fully saturated rings. The Bertz CT molecular complexity index is 1190. The highest BCUT2D eigenvalue weighted by molar-refractivity contribution is 7.47. The molecule has 0 radical (unpaired) electrons. The van der Waals surface area contributed by atoms with Gasteiger partial charge < -0.3 is 25.2 Å². The van der Waals surface area contributed by atoms with E-state index >= 15 is 0 Å². The number of carbonyl (C=O) groups excluding carboxylic acids is 2. The van der Waals surface area contributed by atoms with Crippen molar-refractivity contribution in [2.24, 2.45) is 0 Å². The monoisotopic (exact) mass is 854 g/mol. The molecule has 59 heavy (non-hydrogen) atoms. The smallest absolute Gasteiger partial charge is 0.472 e. The van der Waals surface area contributed by atoms with E-state index in [0.717, 1.165) is 57.8 Å². The summed E-state index contributed by atoms with van der Waals surface area (Å²) in [5.74, 6) is -2.41. The number of esters is 1. The van der Waals surface area contributed by atoms with Crippen LogP contribution in [0.4, 0.5) is 0 Å². The number of hydrogen-bond donors (Lipinski definition) is 4. The third-order valence-corrected chi connectivity index (χ3v) is 10.8. The maximum absolute atomic E-state index is 12.3. The summed E-state index contributed by atoms with van der Waals surface area (Å²) in [5, 5.41) is 21.8. The molecule has 0 heterocycles. The number of carbonyl (C=O) groups is 3. The van der Waals surface area contributed by atoms with Gasteiger partial charge in [-0.05, 0) is 51.4 Å². The van der Waals surface area contributed by atoms with Gasteiger partial charge in [-0.25, -0.2) is 9.36 Å². The molecule has 0 aliphatic rings. The zero-order chi connectivity index (χ0) is 43.5. The summed E-state index contributed by atoms with van der Waals surface area (Å²) in [7, 11) is -4.77. The summed E-state index contributed by atoms with van der Waals surface area (Å²) >= 11 is 0. The van der Waals surface area contributed by atoms with Crippen LogP contribution in [0, 0.1) is 0 Å². The number of aliphatic carboxylic acids is 1. The predicted molar refractivity (Wildman–Crippen MR) is 240 cm³/mol. The molecule has 342 valence electrons. The zero-order valence-corrected chi connectivity index (χ0v) is 37.9. The molecule has 0 saturated heterocycles. The largest absolute Gasteiger partial charge is 0.480 e. The average molecular weight is 854 g/mol. The minimum Gasteiger partial charge on any atom is -0.480 e. The number of aliphatic hydroxyl groups is 1. The van der Waals surface area contributed by atoms with Gasteiger partial charge in [0.1, 0.15) is 12.7 Å². The number of aliphatic hydroxyl groups excluding tert-OH is 1. The Morgan fingerprint density at radius 3 is 1.46 bits per heavy atom. The van der Waals surface area contributed by atoms with Crippen LogP contribution in [0.1, 0.15) is 200 Å². The van der Waals surface area contributed by atoms with E-state index in [1.807, 2.05) is 0 Å². The molecule has 0 aliphatic carbocycles. The molecule has 0 aliphatic heterocycles. The van der Waals surface area contributed by atoms with Crippen LogP contribution < -0.4 is 5.32 Å². The van der Waals surface area contributed by atoms with E-state index in [1.54, 1.807) is 0 Å². The topological polar surface area (TPSA) is 169 Å². The fourth-order valence-corrected chi connectivity index (χ4v) is 7.08. The molecule has 1 amide bonds. The first kappa shape index (κ1) is 56.4. The van der Waals surface area contributed by atoms with E-state index in [0.29, 0.717) is 12.8 Å². The molecule has 11 nitrogen and oxygen atoms in total. The number of amides is 1. The third kappa shape index (κ3) is 41.9. The molecule has 0 aromatic carbocycles. The molecule has 4 N–H and O–H groups in total. The number of hydrogen-bond acceptors (Lipinski definition) is 8. The first-order valence-electron chi connectivity index (χ1n) is 23.2. The SMILES string of the molecule is CC/C=C\C/C=C\C/C=C\C/C=C\CCCCC(=O)OCC(O)COP(=O)(O)OCC(NC(=O)CCCCCCCCCCCCCCCCCCCCCC)C(=O)O. The van der Waals surface area contributed by atoms with Crippen molar-refractivity contribution in [3.8, 4) is 0 Å². The van der Waals surface area contributed by atoms with Crippen LogP contribution in [0.5, 0.6) is 0 Å². The molecule has 0 aromatic rings. The van der Waals surface area contributed by atoms with Crippen molar-refractivity contribution < 1.29 is 47.8 Å². The number of phosphoric ester groups is 1. The van der Waals surface area contributed by atoms with Crippen LogP contribution in [0.3, 0.4) is 0 Å². The van der Waals surface area contributed by atoms with Crippen LogP contribution in [0.25, 0.3) is 0 Å². The Hall–Kier alpha value is -2.56. The molecule has 3 unspecified atom stereocenters. The van der Waals surface area contributed by atoms with Crippen molar-refractivity contribution in [2.45, 2.75) is 212 Å². The van der Waals surface area contributed by atoms with E-state index in [2.05, 4.69) is 67.8 Å². The van der Waals surface area contributed by atoms with E-state index in [4.69, 9.17) is 13.8 Å². The normalized spacial score (nSPS) is 14.1. The number of carboxylic acids is 1.